The Bertz CT molecular complexity index is 560. The second-order valence-corrected chi connectivity index (χ2v) is 5.76. The Morgan fingerprint density at radius 1 is 1.30 bits per heavy atom. The molecular formula is C18H24N2O3. The van der Waals surface area contributed by atoms with E-state index in [-0.39, 0.29) is 17.9 Å². The van der Waals surface area contributed by atoms with Crippen molar-refractivity contribution >= 4 is 11.8 Å². The first-order chi connectivity index (χ1) is 11.0. The minimum atomic E-state index is -0.0675. The smallest absolute Gasteiger partial charge is 0.246 e. The molecule has 23 heavy (non-hydrogen) atoms. The van der Waals surface area contributed by atoms with Gasteiger partial charge >= 0.3 is 0 Å². The van der Waals surface area contributed by atoms with Crippen molar-refractivity contribution in [3.05, 3.63) is 42.5 Å². The lowest BCUT2D eigenvalue weighted by molar-refractivity contribution is -0.133. The largest absolute Gasteiger partial charge is 0.497 e. The Kier molecular flexibility index (Phi) is 5.79. The summed E-state index contributed by atoms with van der Waals surface area (Å²) in [6.45, 7) is 7.14. The van der Waals surface area contributed by atoms with Crippen LogP contribution in [0.1, 0.15) is 25.3 Å². The first-order valence-corrected chi connectivity index (χ1v) is 7.86. The maximum absolute atomic E-state index is 12.3. The summed E-state index contributed by atoms with van der Waals surface area (Å²) >= 11 is 0. The minimum absolute atomic E-state index is 0.0675. The second-order valence-electron chi connectivity index (χ2n) is 5.76. The second kappa shape index (κ2) is 7.81. The van der Waals surface area contributed by atoms with E-state index in [9.17, 15) is 9.59 Å². The molecule has 1 aliphatic rings. The minimum Gasteiger partial charge on any atom is -0.497 e. The van der Waals surface area contributed by atoms with E-state index in [2.05, 4.69) is 6.58 Å². The monoisotopic (exact) mass is 316 g/mol. The van der Waals surface area contributed by atoms with E-state index in [0.717, 1.165) is 24.2 Å². The van der Waals surface area contributed by atoms with Gasteiger partial charge in [0.25, 0.3) is 0 Å². The van der Waals surface area contributed by atoms with Crippen LogP contribution in [0, 0.1) is 0 Å². The van der Waals surface area contributed by atoms with Crippen molar-refractivity contribution in [1.29, 1.82) is 0 Å². The fourth-order valence-corrected chi connectivity index (χ4v) is 2.92. The van der Waals surface area contributed by atoms with Gasteiger partial charge in [0.05, 0.1) is 7.11 Å². The molecule has 0 unspecified atom stereocenters. The maximum atomic E-state index is 12.3. The Labute approximate surface area is 137 Å². The molecule has 1 aromatic carbocycles. The number of ether oxygens (including phenoxy) is 1. The van der Waals surface area contributed by atoms with Crippen molar-refractivity contribution in [1.82, 2.24) is 9.80 Å². The molecule has 5 nitrogen and oxygen atoms in total. The van der Waals surface area contributed by atoms with Crippen LogP contribution in [0.3, 0.4) is 0 Å². The Hall–Kier alpha value is -2.30. The van der Waals surface area contributed by atoms with Crippen molar-refractivity contribution in [3.63, 3.8) is 0 Å². The summed E-state index contributed by atoms with van der Waals surface area (Å²) in [6, 6.07) is 7.85. The lowest BCUT2D eigenvalue weighted by atomic mass is 10.0. The molecule has 2 amide bonds. The Morgan fingerprint density at radius 2 is 1.91 bits per heavy atom. The van der Waals surface area contributed by atoms with E-state index >= 15 is 0 Å². The van der Waals surface area contributed by atoms with Gasteiger partial charge in [-0.1, -0.05) is 18.7 Å². The van der Waals surface area contributed by atoms with Crippen molar-refractivity contribution in [2.45, 2.75) is 32.4 Å². The number of likely N-dealkylation sites (tertiary alicyclic amines) is 1. The fourth-order valence-electron chi connectivity index (χ4n) is 2.92. The van der Waals surface area contributed by atoms with E-state index in [1.54, 1.807) is 14.0 Å². The van der Waals surface area contributed by atoms with Crippen LogP contribution >= 0.6 is 0 Å². The molecule has 2 rings (SSSR count). The lowest BCUT2D eigenvalue weighted by Gasteiger charge is -2.38. The van der Waals surface area contributed by atoms with Gasteiger partial charge in [0, 0.05) is 32.6 Å². The summed E-state index contributed by atoms with van der Waals surface area (Å²) in [5, 5.41) is 0. The van der Waals surface area contributed by atoms with Crippen molar-refractivity contribution in [3.8, 4) is 5.75 Å². The molecule has 1 aliphatic heterocycles. The zero-order valence-corrected chi connectivity index (χ0v) is 13.8. The molecule has 124 valence electrons. The summed E-state index contributed by atoms with van der Waals surface area (Å²) in [5.74, 6) is 0.826. The van der Waals surface area contributed by atoms with Gasteiger partial charge in [-0.15, -0.1) is 0 Å². The number of benzene rings is 1. The highest BCUT2D eigenvalue weighted by Gasteiger charge is 2.27. The quantitative estimate of drug-likeness (QED) is 0.783. The van der Waals surface area contributed by atoms with Crippen LogP contribution in [-0.4, -0.2) is 47.9 Å². The molecule has 0 saturated carbocycles. The topological polar surface area (TPSA) is 49.9 Å². The zero-order chi connectivity index (χ0) is 16.8. The third-order valence-electron chi connectivity index (χ3n) is 4.32. The van der Waals surface area contributed by atoms with E-state index in [1.165, 1.54) is 6.08 Å². The predicted octanol–water partition coefficient (Wildman–Crippen LogP) is 2.22. The number of carbonyl (C=O) groups is 2. The molecule has 1 heterocycles. The van der Waals surface area contributed by atoms with Gasteiger partial charge in [-0.3, -0.25) is 9.59 Å². The molecule has 1 saturated heterocycles. The highest BCUT2D eigenvalue weighted by molar-refractivity contribution is 5.87. The predicted molar refractivity (Wildman–Crippen MR) is 89.0 cm³/mol. The summed E-state index contributed by atoms with van der Waals surface area (Å²) in [6.07, 6.45) is 2.96. The Morgan fingerprint density at radius 3 is 2.39 bits per heavy atom. The molecule has 1 fully saturated rings. The van der Waals surface area contributed by atoms with Crippen LogP contribution in [0.4, 0.5) is 0 Å². The van der Waals surface area contributed by atoms with E-state index in [0.29, 0.717) is 19.6 Å². The fraction of sp³-hybridized carbons (Fsp3) is 0.444. The number of piperidine rings is 1. The standard InChI is InChI=1S/C18H24N2O3/c1-4-18(22)20(13-15-5-7-17(23-3)8-6-15)16-9-11-19(12-10-16)14(2)21/h4-8,16H,1,9-13H2,2-3H3. The van der Waals surface area contributed by atoms with Gasteiger partial charge in [0.2, 0.25) is 11.8 Å². The van der Waals surface area contributed by atoms with Crippen LogP contribution < -0.4 is 4.74 Å². The summed E-state index contributed by atoms with van der Waals surface area (Å²) in [4.78, 5) is 27.4. The van der Waals surface area contributed by atoms with Crippen molar-refractivity contribution in [2.24, 2.45) is 0 Å². The first-order valence-electron chi connectivity index (χ1n) is 7.86. The van der Waals surface area contributed by atoms with Gasteiger partial charge in [-0.2, -0.15) is 0 Å². The summed E-state index contributed by atoms with van der Waals surface area (Å²) in [7, 11) is 1.63. The van der Waals surface area contributed by atoms with Crippen LogP contribution in [-0.2, 0) is 16.1 Å². The average Bonchev–Trinajstić information content (AvgIpc) is 2.59. The maximum Gasteiger partial charge on any atom is 0.246 e. The molecular weight excluding hydrogens is 292 g/mol. The molecule has 0 aromatic heterocycles. The normalized spacial score (nSPS) is 15.1. The summed E-state index contributed by atoms with van der Waals surface area (Å²) in [5.41, 5.74) is 1.05. The van der Waals surface area contributed by atoms with Crippen LogP contribution in [0.15, 0.2) is 36.9 Å². The molecule has 0 atom stereocenters. The lowest BCUT2D eigenvalue weighted by Crippen LogP contribution is -2.47. The number of rotatable bonds is 5. The molecule has 0 spiro atoms. The molecule has 0 bridgehead atoms. The van der Waals surface area contributed by atoms with E-state index < -0.39 is 0 Å². The van der Waals surface area contributed by atoms with Gasteiger partial charge in [-0.05, 0) is 36.6 Å². The molecule has 0 radical (unpaired) electrons. The molecule has 1 aromatic rings. The van der Waals surface area contributed by atoms with Crippen molar-refractivity contribution in [2.75, 3.05) is 20.2 Å². The average molecular weight is 316 g/mol. The van der Waals surface area contributed by atoms with Crippen LogP contribution in [0.5, 0.6) is 5.75 Å². The Balaban J connectivity index is 2.06. The molecule has 0 N–H and O–H groups in total. The highest BCUT2D eigenvalue weighted by Crippen LogP contribution is 2.21. The van der Waals surface area contributed by atoms with Crippen molar-refractivity contribution < 1.29 is 14.3 Å². The number of hydrogen-bond donors (Lipinski definition) is 0. The number of hydrogen-bond acceptors (Lipinski definition) is 3. The summed E-state index contributed by atoms with van der Waals surface area (Å²) < 4.78 is 5.16. The SMILES string of the molecule is C=CC(=O)N(Cc1ccc(OC)cc1)C1CCN(C(C)=O)CC1. The molecule has 0 aliphatic carbocycles. The number of amides is 2. The van der Waals surface area contributed by atoms with Gasteiger partial charge in [0.1, 0.15) is 5.75 Å². The van der Waals surface area contributed by atoms with Gasteiger partial charge < -0.3 is 14.5 Å². The third-order valence-corrected chi connectivity index (χ3v) is 4.32. The van der Waals surface area contributed by atoms with E-state index in [4.69, 9.17) is 4.74 Å². The zero-order valence-electron chi connectivity index (χ0n) is 13.8. The number of carbonyl (C=O) groups excluding carboxylic acids is 2. The van der Waals surface area contributed by atoms with Gasteiger partial charge in [0.15, 0.2) is 0 Å². The van der Waals surface area contributed by atoms with Gasteiger partial charge in [-0.25, -0.2) is 0 Å². The van der Waals surface area contributed by atoms with Crippen LogP contribution in [0.2, 0.25) is 0 Å². The number of methoxy groups -OCH3 is 1. The van der Waals surface area contributed by atoms with Crippen LogP contribution in [0.25, 0.3) is 0 Å². The molecule has 5 heteroatoms. The number of nitrogens with zero attached hydrogens (tertiary/aromatic N) is 2. The highest BCUT2D eigenvalue weighted by atomic mass is 16.5. The third kappa shape index (κ3) is 4.34. The first kappa shape index (κ1) is 17.1. The van der Waals surface area contributed by atoms with E-state index in [1.807, 2.05) is 34.1 Å².